The van der Waals surface area contributed by atoms with E-state index in [1.165, 1.54) is 6.42 Å². The van der Waals surface area contributed by atoms with Crippen LogP contribution in [0.15, 0.2) is 23.5 Å². The number of rotatable bonds is 4. The van der Waals surface area contributed by atoms with Crippen molar-refractivity contribution in [3.8, 4) is 0 Å². The Kier molecular flexibility index (Phi) is 3.05. The molecule has 2 atom stereocenters. The van der Waals surface area contributed by atoms with E-state index in [4.69, 9.17) is 10.9 Å². The van der Waals surface area contributed by atoms with Crippen LogP contribution >= 0.6 is 0 Å². The Morgan fingerprint density at radius 3 is 3.12 bits per heavy atom. The van der Waals surface area contributed by atoms with Crippen LogP contribution in [0.2, 0.25) is 0 Å². The number of hydrogen-bond acceptors (Lipinski definition) is 4. The standard InChI is InChI=1S/C11H16N4O/c1-7-5-9(7)14-6-8-3-2-4-13-10(8)11(12)15-16/h2-4,7,9,14,16H,5-6H2,1H3,(H2,12,15). The largest absolute Gasteiger partial charge is 0.409 e. The molecule has 86 valence electrons. The SMILES string of the molecule is CC1CC1NCc1cccnc1C(N)=NO. The van der Waals surface area contributed by atoms with E-state index in [2.05, 4.69) is 22.4 Å². The number of hydrogen-bond donors (Lipinski definition) is 3. The Hall–Kier alpha value is -1.62. The summed E-state index contributed by atoms with van der Waals surface area (Å²) in [6, 6.07) is 4.38. The molecule has 0 aliphatic heterocycles. The molecular formula is C11H16N4O. The smallest absolute Gasteiger partial charge is 0.189 e. The van der Waals surface area contributed by atoms with Crippen LogP contribution in [0.4, 0.5) is 0 Å². The van der Waals surface area contributed by atoms with Crippen LogP contribution in [0.1, 0.15) is 24.6 Å². The molecule has 0 bridgehead atoms. The fraction of sp³-hybridized carbons (Fsp3) is 0.455. The molecule has 0 aromatic carbocycles. The molecule has 4 N–H and O–H groups in total. The Labute approximate surface area is 94.4 Å². The van der Waals surface area contributed by atoms with E-state index < -0.39 is 0 Å². The van der Waals surface area contributed by atoms with E-state index in [0.29, 0.717) is 18.3 Å². The third-order valence-corrected chi connectivity index (χ3v) is 2.91. The van der Waals surface area contributed by atoms with Crippen LogP contribution in [0, 0.1) is 5.92 Å². The summed E-state index contributed by atoms with van der Waals surface area (Å²) in [6.45, 7) is 2.92. The Bertz CT molecular complexity index is 405. The molecule has 1 aliphatic rings. The summed E-state index contributed by atoms with van der Waals surface area (Å²) in [5, 5.41) is 15.0. The predicted octanol–water partition coefficient (Wildman–Crippen LogP) is 0.674. The van der Waals surface area contributed by atoms with Crippen LogP contribution in [-0.2, 0) is 6.54 Å². The summed E-state index contributed by atoms with van der Waals surface area (Å²) in [5.41, 5.74) is 7.06. The van der Waals surface area contributed by atoms with Gasteiger partial charge in [0.15, 0.2) is 5.84 Å². The van der Waals surface area contributed by atoms with E-state index in [9.17, 15) is 0 Å². The van der Waals surface area contributed by atoms with Crippen LogP contribution in [0.25, 0.3) is 0 Å². The lowest BCUT2D eigenvalue weighted by Gasteiger charge is -2.07. The summed E-state index contributed by atoms with van der Waals surface area (Å²) < 4.78 is 0. The Morgan fingerprint density at radius 2 is 2.50 bits per heavy atom. The average Bonchev–Trinajstić information content (AvgIpc) is 3.02. The highest BCUT2D eigenvalue weighted by Crippen LogP contribution is 2.29. The third-order valence-electron chi connectivity index (χ3n) is 2.91. The maximum absolute atomic E-state index is 8.65. The van der Waals surface area contributed by atoms with Gasteiger partial charge < -0.3 is 16.3 Å². The number of nitrogens with one attached hydrogen (secondary N) is 1. The number of oxime groups is 1. The van der Waals surface area contributed by atoms with Crippen molar-refractivity contribution in [3.63, 3.8) is 0 Å². The van der Waals surface area contributed by atoms with Crippen molar-refractivity contribution in [3.05, 3.63) is 29.6 Å². The minimum atomic E-state index is 0.0567. The number of aromatic nitrogens is 1. The van der Waals surface area contributed by atoms with Crippen LogP contribution in [-0.4, -0.2) is 22.1 Å². The van der Waals surface area contributed by atoms with Gasteiger partial charge in [0.1, 0.15) is 5.69 Å². The van der Waals surface area contributed by atoms with E-state index in [0.717, 1.165) is 11.5 Å². The van der Waals surface area contributed by atoms with Gasteiger partial charge in [0.05, 0.1) is 0 Å². The molecule has 1 aromatic rings. The van der Waals surface area contributed by atoms with Crippen molar-refractivity contribution in [1.82, 2.24) is 10.3 Å². The van der Waals surface area contributed by atoms with Crippen molar-refractivity contribution < 1.29 is 5.21 Å². The molecule has 1 saturated carbocycles. The minimum Gasteiger partial charge on any atom is -0.409 e. The fourth-order valence-electron chi connectivity index (χ4n) is 1.71. The normalized spacial score (nSPS) is 24.4. The van der Waals surface area contributed by atoms with E-state index >= 15 is 0 Å². The zero-order chi connectivity index (χ0) is 11.5. The van der Waals surface area contributed by atoms with Crippen LogP contribution in [0.5, 0.6) is 0 Å². The predicted molar refractivity (Wildman–Crippen MR) is 61.2 cm³/mol. The van der Waals surface area contributed by atoms with Crippen molar-refractivity contribution in [2.24, 2.45) is 16.8 Å². The van der Waals surface area contributed by atoms with Gasteiger partial charge in [-0.3, -0.25) is 4.98 Å². The highest BCUT2D eigenvalue weighted by Gasteiger charge is 2.31. The first kappa shape index (κ1) is 10.9. The van der Waals surface area contributed by atoms with Gasteiger partial charge in [0.2, 0.25) is 0 Å². The number of nitrogens with two attached hydrogens (primary N) is 1. The van der Waals surface area contributed by atoms with Gasteiger partial charge in [-0.1, -0.05) is 18.1 Å². The number of pyridine rings is 1. The summed E-state index contributed by atoms with van der Waals surface area (Å²) in [4.78, 5) is 4.11. The van der Waals surface area contributed by atoms with Crippen molar-refractivity contribution in [2.45, 2.75) is 25.9 Å². The zero-order valence-corrected chi connectivity index (χ0v) is 9.22. The third kappa shape index (κ3) is 2.30. The van der Waals surface area contributed by atoms with Gasteiger partial charge in [0.25, 0.3) is 0 Å². The van der Waals surface area contributed by atoms with Crippen molar-refractivity contribution in [1.29, 1.82) is 0 Å². The van der Waals surface area contributed by atoms with Crippen LogP contribution < -0.4 is 11.1 Å². The molecule has 1 heterocycles. The maximum Gasteiger partial charge on any atom is 0.189 e. The molecule has 2 rings (SSSR count). The van der Waals surface area contributed by atoms with E-state index in [1.54, 1.807) is 6.20 Å². The molecular weight excluding hydrogens is 204 g/mol. The minimum absolute atomic E-state index is 0.0567. The Morgan fingerprint density at radius 1 is 1.75 bits per heavy atom. The second-order valence-corrected chi connectivity index (χ2v) is 4.20. The van der Waals surface area contributed by atoms with E-state index in [1.807, 2.05) is 12.1 Å². The lowest BCUT2D eigenvalue weighted by atomic mass is 10.2. The van der Waals surface area contributed by atoms with Gasteiger partial charge >= 0.3 is 0 Å². The highest BCUT2D eigenvalue weighted by atomic mass is 16.4. The molecule has 0 saturated heterocycles. The summed E-state index contributed by atoms with van der Waals surface area (Å²) in [5.74, 6) is 0.810. The lowest BCUT2D eigenvalue weighted by molar-refractivity contribution is 0.318. The molecule has 0 amide bonds. The molecule has 5 nitrogen and oxygen atoms in total. The van der Waals surface area contributed by atoms with E-state index in [-0.39, 0.29) is 5.84 Å². The highest BCUT2D eigenvalue weighted by molar-refractivity contribution is 5.96. The zero-order valence-electron chi connectivity index (χ0n) is 9.22. The molecule has 0 spiro atoms. The first-order chi connectivity index (χ1) is 7.72. The van der Waals surface area contributed by atoms with Crippen molar-refractivity contribution >= 4 is 5.84 Å². The second-order valence-electron chi connectivity index (χ2n) is 4.20. The molecule has 1 aromatic heterocycles. The van der Waals surface area contributed by atoms with Gasteiger partial charge in [-0.2, -0.15) is 0 Å². The van der Waals surface area contributed by atoms with Gasteiger partial charge in [0, 0.05) is 18.8 Å². The van der Waals surface area contributed by atoms with Gasteiger partial charge in [-0.05, 0) is 24.0 Å². The maximum atomic E-state index is 8.65. The fourth-order valence-corrected chi connectivity index (χ4v) is 1.71. The van der Waals surface area contributed by atoms with Crippen LogP contribution in [0.3, 0.4) is 0 Å². The first-order valence-corrected chi connectivity index (χ1v) is 5.37. The quantitative estimate of drug-likeness (QED) is 0.301. The number of amidine groups is 1. The summed E-state index contributed by atoms with van der Waals surface area (Å²) in [7, 11) is 0. The summed E-state index contributed by atoms with van der Waals surface area (Å²) in [6.07, 6.45) is 2.86. The molecule has 2 unspecified atom stereocenters. The average molecular weight is 220 g/mol. The molecule has 16 heavy (non-hydrogen) atoms. The van der Waals surface area contributed by atoms with Gasteiger partial charge in [-0.15, -0.1) is 0 Å². The second kappa shape index (κ2) is 4.49. The molecule has 5 heteroatoms. The van der Waals surface area contributed by atoms with Gasteiger partial charge in [-0.25, -0.2) is 0 Å². The monoisotopic (exact) mass is 220 g/mol. The number of nitrogens with zero attached hydrogens (tertiary/aromatic N) is 2. The molecule has 1 fully saturated rings. The summed E-state index contributed by atoms with van der Waals surface area (Å²) >= 11 is 0. The topological polar surface area (TPSA) is 83.5 Å². The molecule has 1 aliphatic carbocycles. The first-order valence-electron chi connectivity index (χ1n) is 5.37. The van der Waals surface area contributed by atoms with Crippen molar-refractivity contribution in [2.75, 3.05) is 0 Å². The lowest BCUT2D eigenvalue weighted by Crippen LogP contribution is -2.22. The Balaban J connectivity index is 2.07. The molecule has 0 radical (unpaired) electrons.